The van der Waals surface area contributed by atoms with E-state index in [1.807, 2.05) is 6.07 Å². The smallest absolute Gasteiger partial charge is 0.205 e. The minimum absolute atomic E-state index is 0.114. The number of fused-ring (bicyclic) bond motifs is 1. The summed E-state index contributed by atoms with van der Waals surface area (Å²) in [5, 5.41) is 0.830. The molecule has 3 aromatic heterocycles. The molecule has 9 heteroatoms. The average molecular weight is 433 g/mol. The number of nitrogens with zero attached hydrogens (tertiary/aromatic N) is 2. The van der Waals surface area contributed by atoms with Crippen molar-refractivity contribution in [2.75, 3.05) is 11.5 Å². The first-order chi connectivity index (χ1) is 13.9. The normalized spacial score (nSPS) is 12.3. The molecular weight excluding hydrogens is 418 g/mol. The van der Waals surface area contributed by atoms with Gasteiger partial charge in [0, 0.05) is 34.1 Å². The molecule has 3 heterocycles. The van der Waals surface area contributed by atoms with Gasteiger partial charge in [0.2, 0.25) is 5.75 Å². The molecule has 0 saturated carbocycles. The van der Waals surface area contributed by atoms with Crippen molar-refractivity contribution in [3.8, 4) is 16.9 Å². The maximum Gasteiger partial charge on any atom is 0.205 e. The van der Waals surface area contributed by atoms with Crippen molar-refractivity contribution in [2.45, 2.75) is 13.0 Å². The van der Waals surface area contributed by atoms with Crippen LogP contribution in [0, 0.1) is 5.82 Å². The Morgan fingerprint density at radius 3 is 2.62 bits per heavy atom. The van der Waals surface area contributed by atoms with E-state index in [4.69, 9.17) is 43.8 Å². The van der Waals surface area contributed by atoms with Gasteiger partial charge in [-0.25, -0.2) is 14.4 Å². The molecule has 1 atom stereocenters. The molecule has 0 amide bonds. The van der Waals surface area contributed by atoms with Crippen LogP contribution in [0.2, 0.25) is 10.0 Å². The highest BCUT2D eigenvalue weighted by atomic mass is 35.5. The molecule has 6 nitrogen and oxygen atoms in total. The molecule has 0 bridgehead atoms. The number of aromatic nitrogens is 2. The molecule has 4 N–H and O–H groups in total. The van der Waals surface area contributed by atoms with E-state index in [-0.39, 0.29) is 21.6 Å². The Kier molecular flexibility index (Phi) is 4.94. The summed E-state index contributed by atoms with van der Waals surface area (Å²) < 4.78 is 25.6. The van der Waals surface area contributed by atoms with Gasteiger partial charge in [-0.3, -0.25) is 0 Å². The molecule has 29 heavy (non-hydrogen) atoms. The van der Waals surface area contributed by atoms with Crippen molar-refractivity contribution in [1.29, 1.82) is 0 Å². The van der Waals surface area contributed by atoms with E-state index in [1.165, 1.54) is 12.1 Å². The molecule has 0 aliphatic carbocycles. The summed E-state index contributed by atoms with van der Waals surface area (Å²) in [5.41, 5.74) is 13.9. The van der Waals surface area contributed by atoms with Crippen LogP contribution in [0.25, 0.3) is 22.1 Å². The summed E-state index contributed by atoms with van der Waals surface area (Å²) in [7, 11) is 0. The van der Waals surface area contributed by atoms with Crippen LogP contribution in [0.3, 0.4) is 0 Å². The number of rotatable bonds is 4. The highest BCUT2D eigenvalue weighted by Gasteiger charge is 2.23. The number of hydrogen-bond acceptors (Lipinski definition) is 6. The second-order valence-electron chi connectivity index (χ2n) is 6.35. The minimum Gasteiger partial charge on any atom is -0.478 e. The van der Waals surface area contributed by atoms with E-state index in [0.717, 1.165) is 11.1 Å². The van der Waals surface area contributed by atoms with Gasteiger partial charge < -0.3 is 20.6 Å². The lowest BCUT2D eigenvalue weighted by atomic mass is 10.1. The van der Waals surface area contributed by atoms with Gasteiger partial charge in [-0.2, -0.15) is 0 Å². The van der Waals surface area contributed by atoms with E-state index >= 15 is 0 Å². The van der Waals surface area contributed by atoms with E-state index in [1.54, 1.807) is 31.6 Å². The number of nitrogen functional groups attached to an aromatic ring is 2. The third kappa shape index (κ3) is 3.43. The zero-order valence-electron chi connectivity index (χ0n) is 15.1. The molecule has 0 spiro atoms. The number of halogens is 3. The topological polar surface area (TPSA) is 100 Å². The van der Waals surface area contributed by atoms with E-state index < -0.39 is 11.9 Å². The largest absolute Gasteiger partial charge is 0.478 e. The van der Waals surface area contributed by atoms with Crippen molar-refractivity contribution in [1.82, 2.24) is 9.97 Å². The number of anilines is 2. The standard InChI is InChI=1S/C20H15Cl2FN4O2/c1-9(16-13(21)3-4-14(23)17(16)22)29-19-18-11(7-27-20(19)25)12(8-28-18)10-2-5-15(24)26-6-10/h2-9H,1H3,(H2,24,26)(H2,25,27)/t9-/m1/s1. The maximum absolute atomic E-state index is 13.9. The van der Waals surface area contributed by atoms with Crippen molar-refractivity contribution in [3.63, 3.8) is 0 Å². The van der Waals surface area contributed by atoms with Crippen LogP contribution in [0.1, 0.15) is 18.6 Å². The van der Waals surface area contributed by atoms with Gasteiger partial charge >= 0.3 is 0 Å². The first-order valence-electron chi connectivity index (χ1n) is 8.54. The number of pyridine rings is 2. The number of ether oxygens (including phenoxy) is 1. The molecule has 0 unspecified atom stereocenters. The SMILES string of the molecule is C[C@@H](Oc1c(N)ncc2c(-c3ccc(N)nc3)coc12)c1c(Cl)ccc(F)c1Cl. The van der Waals surface area contributed by atoms with Gasteiger partial charge in [0.1, 0.15) is 17.7 Å². The summed E-state index contributed by atoms with van der Waals surface area (Å²) in [5.74, 6) is 0.137. The zero-order valence-corrected chi connectivity index (χ0v) is 16.6. The molecule has 0 saturated heterocycles. The fraction of sp³-hybridized carbons (Fsp3) is 0.100. The lowest BCUT2D eigenvalue weighted by Crippen LogP contribution is -2.08. The van der Waals surface area contributed by atoms with Crippen LogP contribution in [-0.2, 0) is 0 Å². The summed E-state index contributed by atoms with van der Waals surface area (Å²) in [6, 6.07) is 6.11. The van der Waals surface area contributed by atoms with Gasteiger partial charge in [-0.05, 0) is 31.2 Å². The van der Waals surface area contributed by atoms with Gasteiger partial charge in [-0.15, -0.1) is 0 Å². The quantitative estimate of drug-likeness (QED) is 0.404. The lowest BCUT2D eigenvalue weighted by Gasteiger charge is -2.18. The van der Waals surface area contributed by atoms with Crippen LogP contribution in [0.15, 0.2) is 47.3 Å². The average Bonchev–Trinajstić information content (AvgIpc) is 3.12. The monoisotopic (exact) mass is 432 g/mol. The Morgan fingerprint density at radius 1 is 1.10 bits per heavy atom. The van der Waals surface area contributed by atoms with E-state index in [0.29, 0.717) is 22.4 Å². The highest BCUT2D eigenvalue weighted by Crippen LogP contribution is 2.41. The van der Waals surface area contributed by atoms with Gasteiger partial charge in [0.25, 0.3) is 0 Å². The number of benzene rings is 1. The third-order valence-electron chi connectivity index (χ3n) is 4.48. The van der Waals surface area contributed by atoms with Crippen molar-refractivity contribution >= 4 is 45.8 Å². The predicted molar refractivity (Wildman–Crippen MR) is 112 cm³/mol. The molecule has 0 fully saturated rings. The summed E-state index contributed by atoms with van der Waals surface area (Å²) in [4.78, 5) is 8.29. The Bertz CT molecular complexity index is 1210. The first-order valence-corrected chi connectivity index (χ1v) is 9.30. The van der Waals surface area contributed by atoms with Crippen molar-refractivity contribution < 1.29 is 13.5 Å². The Balaban J connectivity index is 1.78. The van der Waals surface area contributed by atoms with Crippen LogP contribution >= 0.6 is 23.2 Å². The Labute approximate surface area is 175 Å². The lowest BCUT2D eigenvalue weighted by molar-refractivity contribution is 0.227. The molecular formula is C20H15Cl2FN4O2. The first kappa shape index (κ1) is 19.3. The van der Waals surface area contributed by atoms with Crippen molar-refractivity contribution in [3.05, 3.63) is 64.3 Å². The summed E-state index contributed by atoms with van der Waals surface area (Å²) in [6.07, 6.45) is 4.05. The number of nitrogens with two attached hydrogens (primary N) is 2. The number of hydrogen-bond donors (Lipinski definition) is 2. The van der Waals surface area contributed by atoms with Crippen LogP contribution in [-0.4, -0.2) is 9.97 Å². The Morgan fingerprint density at radius 2 is 1.90 bits per heavy atom. The highest BCUT2D eigenvalue weighted by molar-refractivity contribution is 6.36. The third-order valence-corrected chi connectivity index (χ3v) is 5.19. The van der Waals surface area contributed by atoms with Crippen LogP contribution < -0.4 is 16.2 Å². The number of furan rings is 1. The zero-order chi connectivity index (χ0) is 20.7. The molecule has 148 valence electrons. The van der Waals surface area contributed by atoms with Crippen LogP contribution in [0.4, 0.5) is 16.0 Å². The van der Waals surface area contributed by atoms with Gasteiger partial charge in [-0.1, -0.05) is 23.2 Å². The minimum atomic E-state index is -0.716. The predicted octanol–water partition coefficient (Wildman–Crippen LogP) is 5.64. The molecule has 4 aromatic rings. The van der Waals surface area contributed by atoms with E-state index in [9.17, 15) is 4.39 Å². The molecule has 0 radical (unpaired) electrons. The fourth-order valence-electron chi connectivity index (χ4n) is 3.03. The Hall–Kier alpha value is -3.03. The summed E-state index contributed by atoms with van der Waals surface area (Å²) >= 11 is 12.3. The van der Waals surface area contributed by atoms with Crippen molar-refractivity contribution in [2.24, 2.45) is 0 Å². The van der Waals surface area contributed by atoms with Gasteiger partial charge in [0.15, 0.2) is 11.4 Å². The molecule has 1 aromatic carbocycles. The molecule has 4 rings (SSSR count). The van der Waals surface area contributed by atoms with Gasteiger partial charge in [0.05, 0.1) is 16.7 Å². The van der Waals surface area contributed by atoms with E-state index in [2.05, 4.69) is 9.97 Å². The molecule has 0 aliphatic heterocycles. The van der Waals surface area contributed by atoms with Crippen LogP contribution in [0.5, 0.6) is 5.75 Å². The second-order valence-corrected chi connectivity index (χ2v) is 7.14. The maximum atomic E-state index is 13.9. The summed E-state index contributed by atoms with van der Waals surface area (Å²) in [6.45, 7) is 1.68. The fourth-order valence-corrected chi connectivity index (χ4v) is 3.71. The molecule has 0 aliphatic rings. The second kappa shape index (κ2) is 7.42.